The number of aromatic hydroxyl groups is 1. The SMILES string of the molecule is CCCCC/C=C\C/C=C\C/C=C\C/C=C\CCCCNc1ccc(O)c(C(=O)O)c1. The van der Waals surface area contributed by atoms with Crippen LogP contribution in [0.2, 0.25) is 0 Å². The van der Waals surface area contributed by atoms with Crippen LogP contribution in [0.3, 0.4) is 0 Å². The summed E-state index contributed by atoms with van der Waals surface area (Å²) in [6.45, 7) is 3.01. The van der Waals surface area contributed by atoms with E-state index < -0.39 is 5.97 Å². The smallest absolute Gasteiger partial charge is 0.339 e. The number of allylic oxidation sites excluding steroid dienone is 8. The van der Waals surface area contributed by atoms with E-state index in [1.165, 1.54) is 37.8 Å². The van der Waals surface area contributed by atoms with Gasteiger partial charge in [0.15, 0.2) is 0 Å². The van der Waals surface area contributed by atoms with Crippen molar-refractivity contribution in [3.8, 4) is 5.75 Å². The van der Waals surface area contributed by atoms with Crippen LogP contribution in [0.1, 0.15) is 81.5 Å². The zero-order chi connectivity index (χ0) is 22.6. The first-order valence-electron chi connectivity index (χ1n) is 11.5. The number of hydrogen-bond acceptors (Lipinski definition) is 3. The third-order valence-corrected chi connectivity index (χ3v) is 4.81. The van der Waals surface area contributed by atoms with Crippen LogP contribution < -0.4 is 5.32 Å². The van der Waals surface area contributed by atoms with Gasteiger partial charge < -0.3 is 15.5 Å². The molecular weight excluding hydrogens is 386 g/mol. The Labute approximate surface area is 188 Å². The number of hydrogen-bond donors (Lipinski definition) is 3. The number of benzene rings is 1. The molecule has 1 aromatic carbocycles. The number of nitrogens with one attached hydrogen (secondary N) is 1. The lowest BCUT2D eigenvalue weighted by Gasteiger charge is -2.07. The zero-order valence-corrected chi connectivity index (χ0v) is 18.9. The van der Waals surface area contributed by atoms with E-state index in [1.807, 2.05) is 0 Å². The summed E-state index contributed by atoms with van der Waals surface area (Å²) in [7, 11) is 0. The molecule has 0 amide bonds. The van der Waals surface area contributed by atoms with Crippen LogP contribution in [0.5, 0.6) is 5.75 Å². The Morgan fingerprint density at radius 3 is 1.94 bits per heavy atom. The maximum Gasteiger partial charge on any atom is 0.339 e. The minimum absolute atomic E-state index is 0.0777. The van der Waals surface area contributed by atoms with Crippen LogP contribution in [0.15, 0.2) is 66.8 Å². The average molecular weight is 426 g/mol. The van der Waals surface area contributed by atoms with Gasteiger partial charge in [-0.2, -0.15) is 0 Å². The van der Waals surface area contributed by atoms with Crippen molar-refractivity contribution >= 4 is 11.7 Å². The van der Waals surface area contributed by atoms with Gasteiger partial charge in [-0.1, -0.05) is 68.4 Å². The Bertz CT molecular complexity index is 732. The second-order valence-electron chi connectivity index (χ2n) is 7.55. The number of rotatable bonds is 17. The number of carbonyl (C=O) groups is 1. The predicted molar refractivity (Wildman–Crippen MR) is 132 cm³/mol. The monoisotopic (exact) mass is 425 g/mol. The lowest BCUT2D eigenvalue weighted by Crippen LogP contribution is -2.03. The minimum atomic E-state index is -1.12. The Morgan fingerprint density at radius 2 is 1.39 bits per heavy atom. The van der Waals surface area contributed by atoms with Gasteiger partial charge in [0.1, 0.15) is 11.3 Å². The number of carboxylic acids is 1. The second-order valence-corrected chi connectivity index (χ2v) is 7.55. The summed E-state index contributed by atoms with van der Waals surface area (Å²) < 4.78 is 0. The van der Waals surface area contributed by atoms with E-state index in [1.54, 1.807) is 6.07 Å². The van der Waals surface area contributed by atoms with E-state index in [0.717, 1.165) is 45.1 Å². The first-order valence-corrected chi connectivity index (χ1v) is 11.5. The molecule has 0 bridgehead atoms. The van der Waals surface area contributed by atoms with Gasteiger partial charge in [0.05, 0.1) is 0 Å². The third-order valence-electron chi connectivity index (χ3n) is 4.81. The van der Waals surface area contributed by atoms with Crippen LogP contribution in [0.25, 0.3) is 0 Å². The van der Waals surface area contributed by atoms with E-state index in [0.29, 0.717) is 5.69 Å². The predicted octanol–water partition coefficient (Wildman–Crippen LogP) is 7.65. The zero-order valence-electron chi connectivity index (χ0n) is 18.9. The standard InChI is InChI=1S/C27H39NO3/c1-2-3-4-5-6-7-8-9-10-11-12-13-14-15-16-17-18-19-22-28-24-20-21-26(29)25(23-24)27(30)31/h6-7,9-10,12-13,15-16,20-21,23,28-29H,2-5,8,11,14,17-19,22H2,1H3,(H,30,31)/b7-6-,10-9-,13-12-,16-15-. The molecular formula is C27H39NO3. The van der Waals surface area contributed by atoms with E-state index in [9.17, 15) is 9.90 Å². The molecule has 1 aromatic rings. The Morgan fingerprint density at radius 1 is 0.839 bits per heavy atom. The molecule has 170 valence electrons. The van der Waals surface area contributed by atoms with Crippen molar-refractivity contribution in [3.05, 3.63) is 72.4 Å². The fourth-order valence-corrected chi connectivity index (χ4v) is 3.00. The first kappa shape index (κ1) is 26.3. The highest BCUT2D eigenvalue weighted by molar-refractivity contribution is 5.91. The van der Waals surface area contributed by atoms with Gasteiger partial charge in [-0.3, -0.25) is 0 Å². The molecule has 0 atom stereocenters. The van der Waals surface area contributed by atoms with E-state index in [-0.39, 0.29) is 11.3 Å². The lowest BCUT2D eigenvalue weighted by molar-refractivity contribution is 0.0694. The van der Waals surface area contributed by atoms with Gasteiger partial charge >= 0.3 is 5.97 Å². The quantitative estimate of drug-likeness (QED) is 0.136. The van der Waals surface area contributed by atoms with Crippen molar-refractivity contribution in [1.29, 1.82) is 0 Å². The number of unbranched alkanes of at least 4 members (excludes halogenated alkanes) is 5. The van der Waals surface area contributed by atoms with Gasteiger partial charge in [0.25, 0.3) is 0 Å². The molecule has 0 spiro atoms. The van der Waals surface area contributed by atoms with Crippen LogP contribution >= 0.6 is 0 Å². The van der Waals surface area contributed by atoms with Crippen LogP contribution in [-0.2, 0) is 0 Å². The Kier molecular flexibility index (Phi) is 15.3. The molecule has 0 saturated heterocycles. The van der Waals surface area contributed by atoms with E-state index in [2.05, 4.69) is 60.8 Å². The highest BCUT2D eigenvalue weighted by Gasteiger charge is 2.09. The summed E-state index contributed by atoms with van der Waals surface area (Å²) in [4.78, 5) is 11.0. The fourth-order valence-electron chi connectivity index (χ4n) is 3.00. The normalized spacial score (nSPS) is 12.0. The van der Waals surface area contributed by atoms with Crippen LogP contribution in [0.4, 0.5) is 5.69 Å². The van der Waals surface area contributed by atoms with Gasteiger partial charge in [-0.15, -0.1) is 0 Å². The lowest BCUT2D eigenvalue weighted by atomic mass is 10.1. The molecule has 4 nitrogen and oxygen atoms in total. The second kappa shape index (κ2) is 18.1. The van der Waals surface area contributed by atoms with Crippen molar-refractivity contribution in [3.63, 3.8) is 0 Å². The van der Waals surface area contributed by atoms with Gasteiger partial charge in [0.2, 0.25) is 0 Å². The van der Waals surface area contributed by atoms with Crippen molar-refractivity contribution in [2.75, 3.05) is 11.9 Å². The molecule has 0 aliphatic carbocycles. The summed E-state index contributed by atoms with van der Waals surface area (Å²) in [5.74, 6) is -1.33. The molecule has 0 unspecified atom stereocenters. The highest BCUT2D eigenvalue weighted by atomic mass is 16.4. The first-order chi connectivity index (χ1) is 15.1. The van der Waals surface area contributed by atoms with Crippen molar-refractivity contribution < 1.29 is 15.0 Å². The largest absolute Gasteiger partial charge is 0.507 e. The average Bonchev–Trinajstić information content (AvgIpc) is 2.76. The van der Waals surface area contributed by atoms with Crippen LogP contribution in [0, 0.1) is 0 Å². The van der Waals surface area contributed by atoms with E-state index >= 15 is 0 Å². The van der Waals surface area contributed by atoms with Gasteiger partial charge in [-0.05, 0) is 69.6 Å². The summed E-state index contributed by atoms with van der Waals surface area (Å²) >= 11 is 0. The summed E-state index contributed by atoms with van der Waals surface area (Å²) in [5, 5.41) is 21.7. The van der Waals surface area contributed by atoms with Gasteiger partial charge in [-0.25, -0.2) is 4.79 Å². The number of carboxylic acid groups (broad SMARTS) is 1. The topological polar surface area (TPSA) is 69.6 Å². The molecule has 4 heteroatoms. The number of anilines is 1. The number of aromatic carboxylic acids is 1. The Balaban J connectivity index is 2.01. The molecule has 0 radical (unpaired) electrons. The van der Waals surface area contributed by atoms with Gasteiger partial charge in [0, 0.05) is 12.2 Å². The van der Waals surface area contributed by atoms with Crippen molar-refractivity contribution in [2.24, 2.45) is 0 Å². The fraction of sp³-hybridized carbons (Fsp3) is 0.444. The molecule has 0 aliphatic rings. The minimum Gasteiger partial charge on any atom is -0.507 e. The molecule has 1 rings (SSSR count). The molecule has 31 heavy (non-hydrogen) atoms. The molecule has 0 fully saturated rings. The van der Waals surface area contributed by atoms with E-state index in [4.69, 9.17) is 5.11 Å². The van der Waals surface area contributed by atoms with Crippen LogP contribution in [-0.4, -0.2) is 22.7 Å². The van der Waals surface area contributed by atoms with Crippen molar-refractivity contribution in [2.45, 2.75) is 71.1 Å². The summed E-state index contributed by atoms with van der Waals surface area (Å²) in [6.07, 6.45) is 29.0. The molecule has 0 aliphatic heterocycles. The Hall–Kier alpha value is -2.75. The summed E-state index contributed by atoms with van der Waals surface area (Å²) in [6, 6.07) is 4.56. The maximum absolute atomic E-state index is 11.0. The highest BCUT2D eigenvalue weighted by Crippen LogP contribution is 2.21. The third kappa shape index (κ3) is 14.0. The molecule has 0 heterocycles. The molecule has 0 saturated carbocycles. The molecule has 0 aromatic heterocycles. The maximum atomic E-state index is 11.0. The van der Waals surface area contributed by atoms with Crippen molar-refractivity contribution in [1.82, 2.24) is 0 Å². The summed E-state index contributed by atoms with van der Waals surface area (Å²) in [5.41, 5.74) is 0.638. The number of phenols is 1. The molecule has 3 N–H and O–H groups in total.